The fraction of sp³-hybridized carbons (Fsp3) is 1.00. The maximum Gasteiger partial charge on any atom is 0.129 e. The number of aliphatic hydroxyl groups is 2. The van der Waals surface area contributed by atoms with Crippen LogP contribution in [0.1, 0.15) is 105 Å². The zero-order chi connectivity index (χ0) is 30.7. The number of hydrogen-bond donors (Lipinski definition) is 2. The smallest absolute Gasteiger partial charge is 0.129 e. The molecule has 0 rings (SSSR count). The van der Waals surface area contributed by atoms with Gasteiger partial charge in [-0.05, 0) is 39.5 Å². The Morgan fingerprint density at radius 2 is 0.825 bits per heavy atom. The highest BCUT2D eigenvalue weighted by Gasteiger charge is 2.36. The molecule has 40 heavy (non-hydrogen) atoms. The minimum Gasteiger partial charge on any atom is -0.748 e. The van der Waals surface area contributed by atoms with Crippen LogP contribution in [-0.4, -0.2) is 121 Å². The van der Waals surface area contributed by atoms with Crippen molar-refractivity contribution in [3.63, 3.8) is 0 Å². The van der Waals surface area contributed by atoms with Gasteiger partial charge in [-0.3, -0.25) is 0 Å². The molecule has 12 heteroatoms. The van der Waals surface area contributed by atoms with Gasteiger partial charge in [-0.25, -0.2) is 16.8 Å². The van der Waals surface area contributed by atoms with Crippen LogP contribution in [0.2, 0.25) is 0 Å². The summed E-state index contributed by atoms with van der Waals surface area (Å²) < 4.78 is 69.0. The zero-order valence-electron chi connectivity index (χ0n) is 25.8. The maximum atomic E-state index is 11.4. The second-order valence-electron chi connectivity index (χ2n) is 11.9. The molecule has 0 aliphatic rings. The third kappa shape index (κ3) is 19.7. The molecule has 0 radical (unpaired) electrons. The number of aliphatic hydroxyl groups excluding tert-OH is 2. The normalized spacial score (nSPS) is 17.3. The van der Waals surface area contributed by atoms with Crippen molar-refractivity contribution in [3.05, 3.63) is 0 Å². The van der Waals surface area contributed by atoms with E-state index in [1.807, 2.05) is 13.8 Å². The Bertz CT molecular complexity index is 786. The Morgan fingerprint density at radius 1 is 0.525 bits per heavy atom. The largest absolute Gasteiger partial charge is 0.748 e. The zero-order valence-corrected chi connectivity index (χ0v) is 27.4. The first kappa shape index (κ1) is 39.7. The molecule has 0 aliphatic heterocycles. The fourth-order valence-corrected chi connectivity index (χ4v) is 6.98. The van der Waals surface area contributed by atoms with Crippen molar-refractivity contribution in [3.8, 4) is 0 Å². The van der Waals surface area contributed by atoms with Crippen molar-refractivity contribution in [1.29, 1.82) is 0 Å². The number of nitrogens with zero attached hydrogens (tertiary/aromatic N) is 2. The van der Waals surface area contributed by atoms with E-state index in [4.69, 9.17) is 0 Å². The van der Waals surface area contributed by atoms with Gasteiger partial charge >= 0.3 is 0 Å². The van der Waals surface area contributed by atoms with Crippen LogP contribution in [-0.2, 0) is 20.2 Å². The molecule has 4 unspecified atom stereocenters. The summed E-state index contributed by atoms with van der Waals surface area (Å²) in [6.45, 7) is 12.5. The van der Waals surface area contributed by atoms with E-state index < -0.39 is 43.9 Å². The average molecular weight is 617 g/mol. The lowest BCUT2D eigenvalue weighted by Crippen LogP contribution is -2.62. The summed E-state index contributed by atoms with van der Waals surface area (Å²) in [5.74, 6) is -1.65. The van der Waals surface area contributed by atoms with E-state index in [9.17, 15) is 36.2 Å². The highest BCUT2D eigenvalue weighted by Crippen LogP contribution is 2.20. The van der Waals surface area contributed by atoms with Gasteiger partial charge in [-0.2, -0.15) is 0 Å². The molecule has 0 aliphatic carbocycles. The molecule has 2 N–H and O–H groups in total. The lowest BCUT2D eigenvalue weighted by molar-refractivity contribution is -0.982. The van der Waals surface area contributed by atoms with Crippen molar-refractivity contribution in [2.75, 3.05) is 63.9 Å². The third-order valence-electron chi connectivity index (χ3n) is 8.35. The molecule has 0 saturated carbocycles. The van der Waals surface area contributed by atoms with Crippen LogP contribution in [0.3, 0.4) is 0 Å². The summed E-state index contributed by atoms with van der Waals surface area (Å²) in [6, 6.07) is 0. The second-order valence-corrected chi connectivity index (χ2v) is 14.8. The first-order valence-corrected chi connectivity index (χ1v) is 18.7. The monoisotopic (exact) mass is 616 g/mol. The van der Waals surface area contributed by atoms with Crippen LogP contribution >= 0.6 is 0 Å². The Hall–Kier alpha value is -0.340. The summed E-state index contributed by atoms with van der Waals surface area (Å²) >= 11 is 0. The SMILES string of the molecule is CCCCCCCC[N+](CC)(CC[N+](CC)(CCCCCCCC)CC(O)CS(=O)(=O)[O-])CC(O)CS(=O)(=O)[O-]. The number of likely N-dealkylation sites (N-methyl/N-ethyl adjacent to an activating group) is 2. The summed E-state index contributed by atoms with van der Waals surface area (Å²) in [5.41, 5.74) is 0. The molecule has 0 spiro atoms. The molecule has 0 aromatic carbocycles. The summed E-state index contributed by atoms with van der Waals surface area (Å²) in [4.78, 5) is 0. The molecule has 0 aromatic heterocycles. The van der Waals surface area contributed by atoms with Gasteiger partial charge in [0.25, 0.3) is 0 Å². The van der Waals surface area contributed by atoms with Gasteiger partial charge in [0.1, 0.15) is 38.4 Å². The summed E-state index contributed by atoms with van der Waals surface area (Å²) in [7, 11) is -9.15. The van der Waals surface area contributed by atoms with E-state index >= 15 is 0 Å². The van der Waals surface area contributed by atoms with Crippen LogP contribution < -0.4 is 0 Å². The second kappa shape index (κ2) is 20.5. The van der Waals surface area contributed by atoms with Crippen LogP contribution in [0.4, 0.5) is 0 Å². The topological polar surface area (TPSA) is 155 Å². The number of unbranched alkanes of at least 4 members (excludes halogenated alkanes) is 10. The molecule has 0 fully saturated rings. The Balaban J connectivity index is 5.81. The van der Waals surface area contributed by atoms with Gasteiger partial charge in [0.05, 0.1) is 57.9 Å². The lowest BCUT2D eigenvalue weighted by atomic mass is 10.1. The highest BCUT2D eigenvalue weighted by atomic mass is 32.2. The minimum absolute atomic E-state index is 0.144. The van der Waals surface area contributed by atoms with E-state index in [1.165, 1.54) is 12.8 Å². The van der Waals surface area contributed by atoms with Crippen LogP contribution in [0.15, 0.2) is 0 Å². The van der Waals surface area contributed by atoms with Crippen molar-refractivity contribution in [2.24, 2.45) is 0 Å². The number of hydrogen-bond acceptors (Lipinski definition) is 8. The minimum atomic E-state index is -4.58. The van der Waals surface area contributed by atoms with Crippen molar-refractivity contribution >= 4 is 20.2 Å². The van der Waals surface area contributed by atoms with Crippen molar-refractivity contribution in [1.82, 2.24) is 0 Å². The summed E-state index contributed by atoms with van der Waals surface area (Å²) in [5, 5.41) is 21.2. The molecule has 0 saturated heterocycles. The Labute approximate surface area is 245 Å². The molecule has 0 bridgehead atoms. The van der Waals surface area contributed by atoms with Gasteiger partial charge < -0.3 is 28.3 Å². The molecule has 10 nitrogen and oxygen atoms in total. The fourth-order valence-electron chi connectivity index (χ4n) is 5.83. The van der Waals surface area contributed by atoms with E-state index in [-0.39, 0.29) is 13.1 Å². The van der Waals surface area contributed by atoms with Gasteiger partial charge in [-0.1, -0.05) is 65.2 Å². The molecule has 242 valence electrons. The van der Waals surface area contributed by atoms with Gasteiger partial charge in [0.15, 0.2) is 0 Å². The number of quaternary nitrogens is 2. The average Bonchev–Trinajstić information content (AvgIpc) is 2.84. The molecule has 0 heterocycles. The van der Waals surface area contributed by atoms with Crippen LogP contribution in [0, 0.1) is 0 Å². The first-order valence-electron chi connectivity index (χ1n) is 15.6. The Morgan fingerprint density at radius 3 is 1.10 bits per heavy atom. The molecule has 0 amide bonds. The third-order valence-corrected chi connectivity index (χ3v) is 9.94. The quantitative estimate of drug-likeness (QED) is 0.0810. The first-order chi connectivity index (χ1) is 18.7. The van der Waals surface area contributed by atoms with Crippen molar-refractivity contribution < 1.29 is 45.1 Å². The maximum absolute atomic E-state index is 11.4. The predicted molar refractivity (Wildman–Crippen MR) is 159 cm³/mol. The van der Waals surface area contributed by atoms with Gasteiger partial charge in [-0.15, -0.1) is 0 Å². The molecule has 4 atom stereocenters. The van der Waals surface area contributed by atoms with Crippen LogP contribution in [0.5, 0.6) is 0 Å². The molecular formula is C28H60N2O8S2. The number of rotatable bonds is 27. The van der Waals surface area contributed by atoms with E-state index in [2.05, 4.69) is 13.8 Å². The molecular weight excluding hydrogens is 556 g/mol. The van der Waals surface area contributed by atoms with Gasteiger partial charge in [0.2, 0.25) is 0 Å². The lowest BCUT2D eigenvalue weighted by Gasteiger charge is -2.45. The summed E-state index contributed by atoms with van der Waals surface area (Å²) in [6.07, 6.45) is 10.5. The Kier molecular flexibility index (Phi) is 20.4. The van der Waals surface area contributed by atoms with E-state index in [0.717, 1.165) is 77.3 Å². The van der Waals surface area contributed by atoms with Gasteiger partial charge in [0, 0.05) is 0 Å². The van der Waals surface area contributed by atoms with Crippen molar-refractivity contribution in [2.45, 2.75) is 117 Å². The van der Waals surface area contributed by atoms with E-state index in [0.29, 0.717) is 35.1 Å². The molecule has 0 aromatic rings. The standard InChI is InChI=1S/C28H60N2O8S2/c1-5-9-11-13-15-17-19-29(7-3,23-27(31)25-39(33,34)35)21-22-30(8-4,20-18-16-14-12-10-6-2)24-28(32)26-40(36,37)38/h27-28,31-32H,5-26H2,1-4H3. The van der Waals surface area contributed by atoms with E-state index in [1.54, 1.807) is 0 Å². The van der Waals surface area contributed by atoms with Crippen LogP contribution in [0.25, 0.3) is 0 Å². The predicted octanol–water partition coefficient (Wildman–Crippen LogP) is 3.19. The highest BCUT2D eigenvalue weighted by molar-refractivity contribution is 7.85.